The third kappa shape index (κ3) is 5.40. The first-order valence-corrected chi connectivity index (χ1v) is 8.74. The van der Waals surface area contributed by atoms with E-state index in [1.165, 1.54) is 13.8 Å². The molecule has 1 saturated heterocycles. The lowest BCUT2D eigenvalue weighted by Gasteiger charge is -2.37. The van der Waals surface area contributed by atoms with Crippen LogP contribution in [0.4, 0.5) is 4.39 Å². The van der Waals surface area contributed by atoms with Crippen LogP contribution in [-0.4, -0.2) is 66.3 Å². The molecular formula is C17H30FN5O. The molecule has 0 spiro atoms. The molecule has 1 atom stereocenters. The Labute approximate surface area is 144 Å². The van der Waals surface area contributed by atoms with E-state index < -0.39 is 17.2 Å². The predicted molar refractivity (Wildman–Crippen MR) is 90.7 cm³/mol. The molecule has 1 heterocycles. The molecule has 2 rings (SSSR count). The number of rotatable bonds is 7. The van der Waals surface area contributed by atoms with Crippen molar-refractivity contribution in [3.05, 3.63) is 0 Å². The second-order valence-electron chi connectivity index (χ2n) is 7.97. The molecule has 2 N–H and O–H groups in total. The molecule has 24 heavy (non-hydrogen) atoms. The number of hydrazine groups is 1. The zero-order valence-electron chi connectivity index (χ0n) is 15.2. The fraction of sp³-hybridized carbons (Fsp3) is 0.882. The number of hydrogen-bond donors (Lipinski definition) is 2. The third-order valence-electron chi connectivity index (χ3n) is 4.87. The van der Waals surface area contributed by atoms with Crippen molar-refractivity contribution in [2.75, 3.05) is 27.2 Å². The maximum Gasteiger partial charge on any atom is 0.239 e. The number of nitrogens with one attached hydrogen (secondary N) is 2. The van der Waals surface area contributed by atoms with Crippen LogP contribution in [0.15, 0.2) is 0 Å². The molecule has 136 valence electrons. The van der Waals surface area contributed by atoms with Gasteiger partial charge in [0.05, 0.1) is 6.07 Å². The van der Waals surface area contributed by atoms with Crippen LogP contribution < -0.4 is 10.7 Å². The van der Waals surface area contributed by atoms with E-state index in [0.29, 0.717) is 18.9 Å². The number of alkyl halides is 1. The van der Waals surface area contributed by atoms with Crippen LogP contribution in [0, 0.1) is 11.3 Å². The molecule has 0 unspecified atom stereocenters. The van der Waals surface area contributed by atoms with Gasteiger partial charge in [0.25, 0.3) is 0 Å². The summed E-state index contributed by atoms with van der Waals surface area (Å²) in [7, 11) is 4.15. The maximum atomic E-state index is 14.1. The number of amides is 1. The fourth-order valence-electron chi connectivity index (χ4n) is 3.13. The average Bonchev–Trinajstić information content (AvgIpc) is 3.26. The van der Waals surface area contributed by atoms with Crippen molar-refractivity contribution in [1.82, 2.24) is 20.7 Å². The summed E-state index contributed by atoms with van der Waals surface area (Å²) in [6, 6.07) is 2.03. The van der Waals surface area contributed by atoms with Gasteiger partial charge >= 0.3 is 0 Å². The molecule has 0 aromatic carbocycles. The van der Waals surface area contributed by atoms with Gasteiger partial charge in [-0.15, -0.1) is 0 Å². The minimum Gasteiger partial charge on any atom is -0.336 e. The number of carbonyl (C=O) groups is 1. The van der Waals surface area contributed by atoms with E-state index in [-0.39, 0.29) is 12.3 Å². The van der Waals surface area contributed by atoms with Gasteiger partial charge in [0.1, 0.15) is 17.2 Å². The molecule has 2 fully saturated rings. The number of nitrogens with zero attached hydrogens (tertiary/aromatic N) is 3. The van der Waals surface area contributed by atoms with Crippen LogP contribution in [0.25, 0.3) is 0 Å². The highest BCUT2D eigenvalue weighted by Gasteiger charge is 2.46. The first kappa shape index (κ1) is 19.1. The first-order valence-electron chi connectivity index (χ1n) is 8.74. The van der Waals surface area contributed by atoms with Gasteiger partial charge in [-0.2, -0.15) is 5.26 Å². The van der Waals surface area contributed by atoms with Crippen LogP contribution in [0.3, 0.4) is 0 Å². The zero-order chi connectivity index (χ0) is 18.0. The smallest absolute Gasteiger partial charge is 0.239 e. The van der Waals surface area contributed by atoms with Gasteiger partial charge in [-0.1, -0.05) is 0 Å². The Hall–Kier alpha value is -1.23. The number of piperidine rings is 1. The van der Waals surface area contributed by atoms with Gasteiger partial charge in [0.15, 0.2) is 0 Å². The first-order chi connectivity index (χ1) is 11.1. The van der Waals surface area contributed by atoms with Crippen molar-refractivity contribution in [2.45, 2.75) is 69.2 Å². The lowest BCUT2D eigenvalue weighted by atomic mass is 10.00. The molecule has 0 radical (unpaired) electrons. The highest BCUT2D eigenvalue weighted by Crippen LogP contribution is 2.34. The number of halogens is 1. The average molecular weight is 339 g/mol. The van der Waals surface area contributed by atoms with Gasteiger partial charge < -0.3 is 10.2 Å². The number of hydrogen-bond acceptors (Lipinski definition) is 5. The molecule has 1 amide bonds. The topological polar surface area (TPSA) is 71.4 Å². The lowest BCUT2D eigenvalue weighted by Crippen LogP contribution is -2.58. The van der Waals surface area contributed by atoms with Crippen LogP contribution >= 0.6 is 0 Å². The van der Waals surface area contributed by atoms with Crippen molar-refractivity contribution in [1.29, 1.82) is 5.26 Å². The summed E-state index contributed by atoms with van der Waals surface area (Å²) >= 11 is 0. The summed E-state index contributed by atoms with van der Waals surface area (Å²) in [5, 5.41) is 14.0. The molecule has 6 nitrogen and oxygen atoms in total. The van der Waals surface area contributed by atoms with Crippen molar-refractivity contribution in [2.24, 2.45) is 0 Å². The zero-order valence-corrected chi connectivity index (χ0v) is 15.2. The third-order valence-corrected chi connectivity index (χ3v) is 4.87. The highest BCUT2D eigenvalue weighted by atomic mass is 19.1. The highest BCUT2D eigenvalue weighted by molar-refractivity contribution is 5.83. The van der Waals surface area contributed by atoms with Crippen molar-refractivity contribution in [3.63, 3.8) is 0 Å². The van der Waals surface area contributed by atoms with Crippen molar-refractivity contribution < 1.29 is 9.18 Å². The van der Waals surface area contributed by atoms with Crippen molar-refractivity contribution in [3.8, 4) is 6.07 Å². The Bertz CT molecular complexity index is 484. The summed E-state index contributed by atoms with van der Waals surface area (Å²) in [6.07, 6.45) is 3.45. The summed E-state index contributed by atoms with van der Waals surface area (Å²) in [5.74, 6) is -0.283. The SMILES string of the molecule is CN(C)C1CCN(N[C@@H](CC(C)(C)F)C(=O)NC2(C#N)CC2)CC1. The van der Waals surface area contributed by atoms with E-state index >= 15 is 0 Å². The van der Waals surface area contributed by atoms with Crippen molar-refractivity contribution >= 4 is 5.91 Å². The standard InChI is InChI=1S/C17H30FN5O/c1-16(2,18)11-14(15(24)20-17(12-19)7-8-17)21-23-9-5-13(6-10-23)22(3)4/h13-14,21H,5-11H2,1-4H3,(H,20,24)/t14-/m0/s1. The molecular weight excluding hydrogens is 309 g/mol. The van der Waals surface area contributed by atoms with E-state index in [0.717, 1.165) is 25.9 Å². The van der Waals surface area contributed by atoms with Crippen LogP contribution in [0.2, 0.25) is 0 Å². The van der Waals surface area contributed by atoms with E-state index in [1.807, 2.05) is 5.01 Å². The molecule has 2 aliphatic rings. The second-order valence-corrected chi connectivity index (χ2v) is 7.97. The van der Waals surface area contributed by atoms with Gasteiger partial charge in [-0.05, 0) is 53.6 Å². The Kier molecular flexibility index (Phi) is 5.84. The minimum atomic E-state index is -1.46. The molecule has 1 aliphatic heterocycles. The second kappa shape index (κ2) is 7.34. The predicted octanol–water partition coefficient (Wildman–Crippen LogP) is 1.20. The molecule has 0 bridgehead atoms. The van der Waals surface area contributed by atoms with E-state index in [4.69, 9.17) is 5.26 Å². The molecule has 1 saturated carbocycles. The Morgan fingerprint density at radius 3 is 2.42 bits per heavy atom. The monoisotopic (exact) mass is 339 g/mol. The quantitative estimate of drug-likeness (QED) is 0.729. The van der Waals surface area contributed by atoms with Gasteiger partial charge in [-0.3, -0.25) is 4.79 Å². The Morgan fingerprint density at radius 2 is 2.00 bits per heavy atom. The molecule has 0 aromatic heterocycles. The summed E-state index contributed by atoms with van der Waals surface area (Å²) < 4.78 is 14.1. The van der Waals surface area contributed by atoms with Crippen LogP contribution in [0.5, 0.6) is 0 Å². The molecule has 7 heteroatoms. The molecule has 1 aliphatic carbocycles. The van der Waals surface area contributed by atoms with E-state index in [9.17, 15) is 9.18 Å². The number of carbonyl (C=O) groups excluding carboxylic acids is 1. The fourth-order valence-corrected chi connectivity index (χ4v) is 3.13. The van der Waals surface area contributed by atoms with Gasteiger partial charge in [0, 0.05) is 25.6 Å². The summed E-state index contributed by atoms with van der Waals surface area (Å²) in [5.41, 5.74) is 1.01. The largest absolute Gasteiger partial charge is 0.336 e. The lowest BCUT2D eigenvalue weighted by molar-refractivity contribution is -0.126. The number of nitriles is 1. The minimum absolute atomic E-state index is 0.0773. The van der Waals surface area contributed by atoms with Crippen LogP contribution in [0.1, 0.15) is 46.0 Å². The molecule has 0 aromatic rings. The van der Waals surface area contributed by atoms with Gasteiger partial charge in [-0.25, -0.2) is 14.8 Å². The maximum absolute atomic E-state index is 14.1. The Balaban J connectivity index is 1.94. The normalized spacial score (nSPS) is 22.9. The van der Waals surface area contributed by atoms with E-state index in [1.54, 1.807) is 0 Å². The van der Waals surface area contributed by atoms with Gasteiger partial charge in [0.2, 0.25) is 5.91 Å². The van der Waals surface area contributed by atoms with E-state index in [2.05, 4.69) is 35.8 Å². The van der Waals surface area contributed by atoms with Crippen LogP contribution in [-0.2, 0) is 4.79 Å². The summed E-state index contributed by atoms with van der Waals surface area (Å²) in [4.78, 5) is 14.8. The Morgan fingerprint density at radius 1 is 1.42 bits per heavy atom. The summed E-state index contributed by atoms with van der Waals surface area (Å²) in [6.45, 7) is 4.60.